The van der Waals surface area contributed by atoms with Crippen molar-refractivity contribution in [1.82, 2.24) is 9.29 Å². The smallest absolute Gasteiger partial charge is 0.257 e. The summed E-state index contributed by atoms with van der Waals surface area (Å²) in [6.07, 6.45) is -0.322. The molecule has 1 N–H and O–H groups in total. The van der Waals surface area contributed by atoms with Crippen molar-refractivity contribution in [2.75, 3.05) is 18.4 Å². The van der Waals surface area contributed by atoms with Crippen LogP contribution >= 0.6 is 11.3 Å². The van der Waals surface area contributed by atoms with Crippen LogP contribution < -0.4 is 5.32 Å². The van der Waals surface area contributed by atoms with E-state index in [2.05, 4.69) is 10.3 Å². The van der Waals surface area contributed by atoms with Gasteiger partial charge in [-0.15, -0.1) is 0 Å². The van der Waals surface area contributed by atoms with E-state index in [-0.39, 0.29) is 23.0 Å². The quantitative estimate of drug-likeness (QED) is 0.662. The van der Waals surface area contributed by atoms with Gasteiger partial charge in [0.25, 0.3) is 5.91 Å². The van der Waals surface area contributed by atoms with Crippen molar-refractivity contribution in [3.8, 4) is 0 Å². The highest BCUT2D eigenvalue weighted by molar-refractivity contribution is 7.89. The molecule has 2 atom stereocenters. The van der Waals surface area contributed by atoms with Gasteiger partial charge < -0.3 is 4.74 Å². The van der Waals surface area contributed by atoms with Crippen LogP contribution in [0.1, 0.15) is 29.8 Å². The molecule has 0 spiro atoms. The zero-order chi connectivity index (χ0) is 21.5. The third kappa shape index (κ3) is 4.11. The Bertz CT molecular complexity index is 1180. The highest BCUT2D eigenvalue weighted by Gasteiger charge is 2.32. The molecule has 9 heteroatoms. The number of nitrogens with one attached hydrogen (secondary N) is 1. The molecule has 1 aromatic heterocycles. The fraction of sp³-hybridized carbons (Fsp3) is 0.333. The number of amides is 1. The van der Waals surface area contributed by atoms with Gasteiger partial charge in [-0.3, -0.25) is 10.1 Å². The Balaban J connectivity index is 1.51. The summed E-state index contributed by atoms with van der Waals surface area (Å²) in [5, 5.41) is 3.31. The lowest BCUT2D eigenvalue weighted by atomic mass is 10.2. The first kappa shape index (κ1) is 20.9. The summed E-state index contributed by atoms with van der Waals surface area (Å²) in [6.45, 7) is 6.31. The van der Waals surface area contributed by atoms with Crippen LogP contribution in [-0.4, -0.2) is 48.9 Å². The molecule has 30 heavy (non-hydrogen) atoms. The summed E-state index contributed by atoms with van der Waals surface area (Å²) in [7, 11) is -3.64. The van der Waals surface area contributed by atoms with E-state index in [0.717, 1.165) is 15.8 Å². The number of carbonyl (C=O) groups excluding carboxylic acids is 1. The standard InChI is InChI=1S/C21H23N3O4S2/c1-13-5-4-6-18-19(13)22-21(29-18)23-20(25)16-7-9-17(10-8-16)30(26,27)24-11-14(2)28-15(3)12-24/h4-10,14-15H,11-12H2,1-3H3,(H,22,23,25). The Morgan fingerprint density at radius 1 is 1.13 bits per heavy atom. The number of carbonyl (C=O) groups is 1. The molecule has 4 rings (SSSR count). The third-order valence-electron chi connectivity index (χ3n) is 4.98. The monoisotopic (exact) mass is 445 g/mol. The van der Waals surface area contributed by atoms with Gasteiger partial charge in [-0.25, -0.2) is 13.4 Å². The van der Waals surface area contributed by atoms with E-state index in [4.69, 9.17) is 4.74 Å². The molecule has 2 unspecified atom stereocenters. The van der Waals surface area contributed by atoms with Gasteiger partial charge in [-0.05, 0) is 56.7 Å². The fourth-order valence-corrected chi connectivity index (χ4v) is 6.09. The van der Waals surface area contributed by atoms with Gasteiger partial charge in [0.2, 0.25) is 10.0 Å². The van der Waals surface area contributed by atoms with Crippen molar-refractivity contribution in [3.05, 3.63) is 53.6 Å². The number of thiazole rings is 1. The highest BCUT2D eigenvalue weighted by Crippen LogP contribution is 2.28. The van der Waals surface area contributed by atoms with E-state index in [1.54, 1.807) is 0 Å². The summed E-state index contributed by atoms with van der Waals surface area (Å²) in [6, 6.07) is 11.9. The Kier molecular flexibility index (Phi) is 5.63. The number of nitrogens with zero attached hydrogens (tertiary/aromatic N) is 2. The predicted octanol–water partition coefficient (Wildman–Crippen LogP) is 3.65. The molecule has 2 aromatic carbocycles. The number of para-hydroxylation sites is 1. The number of aromatic nitrogens is 1. The zero-order valence-corrected chi connectivity index (χ0v) is 18.6. The minimum Gasteiger partial charge on any atom is -0.373 e. The SMILES string of the molecule is Cc1cccc2sc(NC(=O)c3ccc(S(=O)(=O)N4CC(C)OC(C)C4)cc3)nc12. The number of anilines is 1. The van der Waals surface area contributed by atoms with E-state index in [1.165, 1.54) is 39.9 Å². The van der Waals surface area contributed by atoms with Crippen molar-refractivity contribution < 1.29 is 17.9 Å². The Labute approximate surface area is 179 Å². The van der Waals surface area contributed by atoms with Crippen molar-refractivity contribution in [3.63, 3.8) is 0 Å². The van der Waals surface area contributed by atoms with E-state index < -0.39 is 10.0 Å². The average molecular weight is 446 g/mol. The van der Waals surface area contributed by atoms with Gasteiger partial charge in [0.05, 0.1) is 27.3 Å². The molecule has 0 bridgehead atoms. The number of aryl methyl sites for hydroxylation is 1. The lowest BCUT2D eigenvalue weighted by molar-refractivity contribution is -0.0440. The molecule has 1 amide bonds. The minimum atomic E-state index is -3.64. The molecule has 1 aliphatic heterocycles. The number of ether oxygens (including phenoxy) is 1. The van der Waals surface area contributed by atoms with E-state index in [9.17, 15) is 13.2 Å². The summed E-state index contributed by atoms with van der Waals surface area (Å²) < 4.78 is 33.9. The van der Waals surface area contributed by atoms with Crippen LogP contribution in [0.4, 0.5) is 5.13 Å². The van der Waals surface area contributed by atoms with E-state index in [1.807, 2.05) is 39.0 Å². The van der Waals surface area contributed by atoms with E-state index >= 15 is 0 Å². The number of fused-ring (bicyclic) bond motifs is 1. The molecule has 1 aliphatic rings. The topological polar surface area (TPSA) is 88.6 Å². The molecule has 0 radical (unpaired) electrons. The van der Waals surface area contributed by atoms with Gasteiger partial charge in [0.15, 0.2) is 5.13 Å². The fourth-order valence-electron chi connectivity index (χ4n) is 3.56. The van der Waals surface area contributed by atoms with Crippen molar-refractivity contribution >= 4 is 42.6 Å². The van der Waals surface area contributed by atoms with Crippen LogP contribution in [0, 0.1) is 6.92 Å². The molecular formula is C21H23N3O4S2. The first-order chi connectivity index (χ1) is 14.2. The third-order valence-corrected chi connectivity index (χ3v) is 7.76. The van der Waals surface area contributed by atoms with Gasteiger partial charge in [0, 0.05) is 18.7 Å². The summed E-state index contributed by atoms with van der Waals surface area (Å²) in [5.41, 5.74) is 2.28. The summed E-state index contributed by atoms with van der Waals surface area (Å²) in [5.74, 6) is -0.329. The normalized spacial score (nSPS) is 20.4. The summed E-state index contributed by atoms with van der Waals surface area (Å²) in [4.78, 5) is 17.2. The van der Waals surface area contributed by atoms with Crippen molar-refractivity contribution in [2.45, 2.75) is 37.9 Å². The van der Waals surface area contributed by atoms with Gasteiger partial charge in [-0.2, -0.15) is 4.31 Å². The molecule has 0 saturated carbocycles. The maximum Gasteiger partial charge on any atom is 0.257 e. The van der Waals surface area contributed by atoms with Gasteiger partial charge >= 0.3 is 0 Å². The Morgan fingerprint density at radius 3 is 2.43 bits per heavy atom. The van der Waals surface area contributed by atoms with Crippen LogP contribution in [0.15, 0.2) is 47.4 Å². The van der Waals surface area contributed by atoms with Crippen LogP contribution in [0.3, 0.4) is 0 Å². The molecule has 1 saturated heterocycles. The number of hydrogen-bond donors (Lipinski definition) is 1. The van der Waals surface area contributed by atoms with E-state index in [0.29, 0.717) is 23.8 Å². The number of morpholine rings is 1. The molecule has 1 fully saturated rings. The van der Waals surface area contributed by atoms with Crippen LogP contribution in [0.2, 0.25) is 0 Å². The second-order valence-corrected chi connectivity index (χ2v) is 10.5. The van der Waals surface area contributed by atoms with Crippen LogP contribution in [0.25, 0.3) is 10.2 Å². The Hall–Kier alpha value is -2.33. The van der Waals surface area contributed by atoms with Crippen molar-refractivity contribution in [2.24, 2.45) is 0 Å². The first-order valence-electron chi connectivity index (χ1n) is 9.67. The molecule has 0 aliphatic carbocycles. The minimum absolute atomic E-state index is 0.161. The molecule has 158 valence electrons. The first-order valence-corrected chi connectivity index (χ1v) is 11.9. The average Bonchev–Trinajstić information content (AvgIpc) is 3.11. The maximum atomic E-state index is 12.9. The zero-order valence-electron chi connectivity index (χ0n) is 17.0. The molecular weight excluding hydrogens is 422 g/mol. The second kappa shape index (κ2) is 8.07. The Morgan fingerprint density at radius 2 is 1.80 bits per heavy atom. The lowest BCUT2D eigenvalue weighted by Crippen LogP contribution is -2.48. The van der Waals surface area contributed by atoms with Gasteiger partial charge in [-0.1, -0.05) is 23.5 Å². The number of benzene rings is 2. The number of rotatable bonds is 4. The largest absolute Gasteiger partial charge is 0.373 e. The lowest BCUT2D eigenvalue weighted by Gasteiger charge is -2.34. The summed E-state index contributed by atoms with van der Waals surface area (Å²) >= 11 is 1.40. The number of sulfonamides is 1. The van der Waals surface area contributed by atoms with Crippen LogP contribution in [-0.2, 0) is 14.8 Å². The molecule has 7 nitrogen and oxygen atoms in total. The van der Waals surface area contributed by atoms with Crippen LogP contribution in [0.5, 0.6) is 0 Å². The van der Waals surface area contributed by atoms with Crippen molar-refractivity contribution in [1.29, 1.82) is 0 Å². The van der Waals surface area contributed by atoms with Gasteiger partial charge in [0.1, 0.15) is 0 Å². The predicted molar refractivity (Wildman–Crippen MR) is 118 cm³/mol. The maximum absolute atomic E-state index is 12.9. The molecule has 2 heterocycles. The highest BCUT2D eigenvalue weighted by atomic mass is 32.2. The second-order valence-electron chi connectivity index (χ2n) is 7.50. The molecule has 3 aromatic rings. The number of hydrogen-bond acceptors (Lipinski definition) is 6.